The van der Waals surface area contributed by atoms with Gasteiger partial charge >= 0.3 is 6.03 Å². The molecular weight excluding hydrogens is 304 g/mol. The number of carbonyl (C=O) groups is 1. The molecule has 1 fully saturated rings. The SMILES string of the molecule is CN(Cc1csc(Br)c1)C(=O)NC1CCOC1. The van der Waals surface area contributed by atoms with Gasteiger partial charge in [0.25, 0.3) is 0 Å². The second kappa shape index (κ2) is 5.84. The molecule has 2 heterocycles. The Balaban J connectivity index is 1.82. The first-order valence-corrected chi connectivity index (χ1v) is 7.14. The largest absolute Gasteiger partial charge is 0.379 e. The highest BCUT2D eigenvalue weighted by Gasteiger charge is 2.19. The van der Waals surface area contributed by atoms with Crippen molar-refractivity contribution >= 4 is 33.3 Å². The van der Waals surface area contributed by atoms with Gasteiger partial charge in [-0.1, -0.05) is 0 Å². The molecule has 17 heavy (non-hydrogen) atoms. The molecule has 1 aliphatic heterocycles. The summed E-state index contributed by atoms with van der Waals surface area (Å²) in [6, 6.07) is 2.16. The molecule has 1 atom stereocenters. The molecule has 1 aromatic rings. The van der Waals surface area contributed by atoms with Crippen LogP contribution < -0.4 is 5.32 Å². The van der Waals surface area contributed by atoms with Gasteiger partial charge in [0, 0.05) is 20.2 Å². The maximum Gasteiger partial charge on any atom is 0.317 e. The van der Waals surface area contributed by atoms with E-state index in [1.54, 1.807) is 23.3 Å². The van der Waals surface area contributed by atoms with E-state index in [-0.39, 0.29) is 12.1 Å². The number of halogens is 1. The van der Waals surface area contributed by atoms with Crippen molar-refractivity contribution in [3.05, 3.63) is 20.8 Å². The fraction of sp³-hybridized carbons (Fsp3) is 0.545. The van der Waals surface area contributed by atoms with Crippen LogP contribution in [0.5, 0.6) is 0 Å². The van der Waals surface area contributed by atoms with Crippen molar-refractivity contribution in [2.75, 3.05) is 20.3 Å². The molecular formula is C11H15BrN2O2S. The molecule has 94 valence electrons. The predicted molar refractivity (Wildman–Crippen MR) is 71.2 cm³/mol. The second-order valence-electron chi connectivity index (χ2n) is 4.13. The van der Waals surface area contributed by atoms with Crippen molar-refractivity contribution in [2.45, 2.75) is 19.0 Å². The zero-order chi connectivity index (χ0) is 12.3. The van der Waals surface area contributed by atoms with Crippen molar-refractivity contribution in [1.29, 1.82) is 0 Å². The van der Waals surface area contributed by atoms with Crippen LogP contribution in [0.3, 0.4) is 0 Å². The fourth-order valence-electron chi connectivity index (χ4n) is 1.71. The molecule has 4 nitrogen and oxygen atoms in total. The third-order valence-corrected chi connectivity index (χ3v) is 4.20. The molecule has 1 aromatic heterocycles. The predicted octanol–water partition coefficient (Wildman–Crippen LogP) is 2.44. The number of urea groups is 1. The highest BCUT2D eigenvalue weighted by Crippen LogP contribution is 2.21. The van der Waals surface area contributed by atoms with Crippen LogP contribution in [0.25, 0.3) is 0 Å². The molecule has 0 aromatic carbocycles. The topological polar surface area (TPSA) is 41.6 Å². The summed E-state index contributed by atoms with van der Waals surface area (Å²) < 4.78 is 6.31. The number of nitrogens with one attached hydrogen (secondary N) is 1. The van der Waals surface area contributed by atoms with Gasteiger partial charge in [0.05, 0.1) is 16.4 Å². The van der Waals surface area contributed by atoms with Crippen molar-refractivity contribution in [2.24, 2.45) is 0 Å². The van der Waals surface area contributed by atoms with Crippen molar-refractivity contribution in [3.63, 3.8) is 0 Å². The molecule has 1 aliphatic rings. The first-order chi connectivity index (χ1) is 8.15. The van der Waals surface area contributed by atoms with Gasteiger partial charge in [-0.05, 0) is 39.4 Å². The van der Waals surface area contributed by atoms with E-state index < -0.39 is 0 Å². The van der Waals surface area contributed by atoms with Crippen LogP contribution in [0.2, 0.25) is 0 Å². The minimum Gasteiger partial charge on any atom is -0.379 e. The Morgan fingerprint density at radius 1 is 1.76 bits per heavy atom. The van der Waals surface area contributed by atoms with E-state index in [1.165, 1.54) is 0 Å². The lowest BCUT2D eigenvalue weighted by Gasteiger charge is -2.19. The number of carbonyl (C=O) groups excluding carboxylic acids is 1. The van der Waals surface area contributed by atoms with Gasteiger partial charge in [0.2, 0.25) is 0 Å². The van der Waals surface area contributed by atoms with Crippen molar-refractivity contribution in [3.8, 4) is 0 Å². The second-order valence-corrected chi connectivity index (χ2v) is 6.42. The summed E-state index contributed by atoms with van der Waals surface area (Å²) in [5.41, 5.74) is 1.14. The number of hydrogen-bond acceptors (Lipinski definition) is 3. The van der Waals surface area contributed by atoms with E-state index >= 15 is 0 Å². The highest BCUT2D eigenvalue weighted by atomic mass is 79.9. The normalized spacial score (nSPS) is 19.3. The Hall–Kier alpha value is -0.590. The molecule has 0 saturated carbocycles. The van der Waals surface area contributed by atoms with Crippen molar-refractivity contribution < 1.29 is 9.53 Å². The van der Waals surface area contributed by atoms with Gasteiger partial charge < -0.3 is 15.0 Å². The Morgan fingerprint density at radius 3 is 3.18 bits per heavy atom. The minimum absolute atomic E-state index is 0.0391. The van der Waals surface area contributed by atoms with E-state index in [0.29, 0.717) is 13.2 Å². The quantitative estimate of drug-likeness (QED) is 0.930. The van der Waals surface area contributed by atoms with E-state index in [9.17, 15) is 4.79 Å². The van der Waals surface area contributed by atoms with Crippen LogP contribution in [0.1, 0.15) is 12.0 Å². The van der Waals surface area contributed by atoms with Gasteiger partial charge in [-0.25, -0.2) is 4.79 Å². The molecule has 1 unspecified atom stereocenters. The molecule has 2 amide bonds. The van der Waals surface area contributed by atoms with Crippen LogP contribution in [-0.2, 0) is 11.3 Å². The lowest BCUT2D eigenvalue weighted by molar-refractivity contribution is 0.181. The summed E-state index contributed by atoms with van der Waals surface area (Å²) in [4.78, 5) is 13.5. The maximum absolute atomic E-state index is 11.9. The Bertz CT molecular complexity index is 391. The summed E-state index contributed by atoms with van der Waals surface area (Å²) >= 11 is 5.04. The third kappa shape index (κ3) is 3.69. The zero-order valence-electron chi connectivity index (χ0n) is 9.61. The number of hydrogen-bond donors (Lipinski definition) is 1. The first kappa shape index (κ1) is 12.9. The number of ether oxygens (including phenoxy) is 1. The summed E-state index contributed by atoms with van der Waals surface area (Å²) in [7, 11) is 1.80. The van der Waals surface area contributed by atoms with Gasteiger partial charge in [0.15, 0.2) is 0 Å². The van der Waals surface area contributed by atoms with Gasteiger partial charge in [0.1, 0.15) is 0 Å². The Morgan fingerprint density at radius 2 is 2.59 bits per heavy atom. The van der Waals surface area contributed by atoms with E-state index in [0.717, 1.165) is 22.4 Å². The van der Waals surface area contributed by atoms with Gasteiger partial charge in [-0.3, -0.25) is 0 Å². The molecule has 0 bridgehead atoms. The Labute approximate surface area is 113 Å². The maximum atomic E-state index is 11.9. The number of amides is 2. The number of nitrogens with zero attached hydrogens (tertiary/aromatic N) is 1. The van der Waals surface area contributed by atoms with Crippen LogP contribution >= 0.6 is 27.3 Å². The minimum atomic E-state index is -0.0391. The zero-order valence-corrected chi connectivity index (χ0v) is 12.0. The molecule has 0 radical (unpaired) electrons. The standard InChI is InChI=1S/C11H15BrN2O2S/c1-14(5-8-4-10(12)17-7-8)11(15)13-9-2-3-16-6-9/h4,7,9H,2-3,5-6H2,1H3,(H,13,15). The highest BCUT2D eigenvalue weighted by molar-refractivity contribution is 9.11. The number of rotatable bonds is 3. The van der Waals surface area contributed by atoms with Crippen LogP contribution in [0, 0.1) is 0 Å². The Kier molecular flexibility index (Phi) is 4.42. The third-order valence-electron chi connectivity index (χ3n) is 2.65. The van der Waals surface area contributed by atoms with Crippen molar-refractivity contribution in [1.82, 2.24) is 10.2 Å². The molecule has 6 heteroatoms. The first-order valence-electron chi connectivity index (χ1n) is 5.47. The van der Waals surface area contributed by atoms with Crippen LogP contribution in [-0.4, -0.2) is 37.2 Å². The number of thiophene rings is 1. The van der Waals surface area contributed by atoms with E-state index in [2.05, 4.69) is 21.2 Å². The smallest absolute Gasteiger partial charge is 0.317 e. The summed E-state index contributed by atoms with van der Waals surface area (Å²) in [5, 5.41) is 5.01. The molecule has 0 spiro atoms. The lowest BCUT2D eigenvalue weighted by Crippen LogP contribution is -2.42. The van der Waals surface area contributed by atoms with Gasteiger partial charge in [-0.15, -0.1) is 11.3 Å². The lowest BCUT2D eigenvalue weighted by atomic mass is 10.3. The van der Waals surface area contributed by atoms with E-state index in [4.69, 9.17) is 4.74 Å². The van der Waals surface area contributed by atoms with E-state index in [1.807, 2.05) is 11.4 Å². The molecule has 0 aliphatic carbocycles. The molecule has 1 N–H and O–H groups in total. The monoisotopic (exact) mass is 318 g/mol. The fourth-order valence-corrected chi connectivity index (χ4v) is 2.91. The average molecular weight is 319 g/mol. The van der Waals surface area contributed by atoms with Crippen LogP contribution in [0.15, 0.2) is 15.2 Å². The van der Waals surface area contributed by atoms with Gasteiger partial charge in [-0.2, -0.15) is 0 Å². The average Bonchev–Trinajstić information content (AvgIpc) is 2.90. The molecule has 2 rings (SSSR count). The summed E-state index contributed by atoms with van der Waals surface area (Å²) in [6.45, 7) is 2.00. The molecule has 1 saturated heterocycles. The summed E-state index contributed by atoms with van der Waals surface area (Å²) in [5.74, 6) is 0. The summed E-state index contributed by atoms with van der Waals surface area (Å²) in [6.07, 6.45) is 0.906. The van der Waals surface area contributed by atoms with Crippen LogP contribution in [0.4, 0.5) is 4.79 Å².